The number of rotatable bonds is 0. The van der Waals surface area contributed by atoms with Crippen LogP contribution in [-0.2, 0) is 10.5 Å². The molecule has 0 spiro atoms. The molecule has 0 fully saturated rings. The van der Waals surface area contributed by atoms with Gasteiger partial charge >= 0.3 is 28.5 Å². The van der Waals surface area contributed by atoms with E-state index in [0.717, 1.165) is 0 Å². The van der Waals surface area contributed by atoms with Crippen LogP contribution in [0, 0.1) is 0 Å². The molecule has 0 aromatic heterocycles. The summed E-state index contributed by atoms with van der Waals surface area (Å²) < 4.78 is 34.1. The van der Waals surface area contributed by atoms with Crippen LogP contribution >= 0.6 is 0 Å². The van der Waals surface area contributed by atoms with Gasteiger partial charge in [0, 0.05) is 0 Å². The van der Waals surface area contributed by atoms with Crippen molar-refractivity contribution in [3.05, 3.63) is 0 Å². The molecule has 0 saturated heterocycles. The van der Waals surface area contributed by atoms with Crippen LogP contribution in [0.15, 0.2) is 0 Å². The van der Waals surface area contributed by atoms with Gasteiger partial charge < -0.3 is 0 Å². The van der Waals surface area contributed by atoms with Gasteiger partial charge in [0.2, 0.25) is 0 Å². The van der Waals surface area contributed by atoms with Gasteiger partial charge in [-0.2, -0.15) is 8.42 Å². The quantitative estimate of drug-likeness (QED) is 0.281. The Hall–Kier alpha value is 0.398. The Morgan fingerprint density at radius 3 is 1.50 bits per heavy atom. The molecule has 0 bridgehead atoms. The molecule has 0 amide bonds. The standard InChI is InChI=1S/AsH3.FHO3S/c;1-5(2,3)4/h1H3;(H,2,3,4). The van der Waals surface area contributed by atoms with E-state index in [4.69, 9.17) is 13.0 Å². The minimum absolute atomic E-state index is 0. The van der Waals surface area contributed by atoms with Gasteiger partial charge in [-0.3, -0.25) is 4.55 Å². The first kappa shape index (κ1) is 9.64. The van der Waals surface area contributed by atoms with Gasteiger partial charge in [0.15, 0.2) is 0 Å². The van der Waals surface area contributed by atoms with E-state index in [2.05, 4.69) is 0 Å². The first-order valence-corrected chi connectivity index (χ1v) is 2.01. The molecule has 0 rings (SSSR count). The zero-order valence-corrected chi connectivity index (χ0v) is 6.54. The number of halogens is 1. The van der Waals surface area contributed by atoms with Crippen LogP contribution in [0.5, 0.6) is 0 Å². The summed E-state index contributed by atoms with van der Waals surface area (Å²) in [4.78, 5) is 0. The zero-order valence-electron chi connectivity index (χ0n) is 2.76. The fourth-order valence-electron chi connectivity index (χ4n) is 0. The molecule has 1 unspecified atom stereocenters. The molecule has 0 radical (unpaired) electrons. The second-order valence-corrected chi connectivity index (χ2v) is 1.24. The molecule has 0 aliphatic rings. The van der Waals surface area contributed by atoms with Crippen molar-refractivity contribution in [3.63, 3.8) is 0 Å². The molecule has 6 heteroatoms. The summed E-state index contributed by atoms with van der Waals surface area (Å²) in [6.07, 6.45) is 0. The predicted octanol–water partition coefficient (Wildman–Crippen LogP) is -1.43. The fourth-order valence-corrected chi connectivity index (χ4v) is 0. The van der Waals surface area contributed by atoms with E-state index in [1.165, 1.54) is 0 Å². The van der Waals surface area contributed by atoms with Crippen molar-refractivity contribution in [1.29, 1.82) is 0 Å². The van der Waals surface area contributed by atoms with E-state index in [9.17, 15) is 3.89 Å². The van der Waals surface area contributed by atoms with Gasteiger partial charge in [-0.1, -0.05) is 3.89 Å². The van der Waals surface area contributed by atoms with Crippen molar-refractivity contribution in [2.45, 2.75) is 0 Å². The topological polar surface area (TPSA) is 54.4 Å². The average molecular weight is 178 g/mol. The second kappa shape index (κ2) is 2.55. The zero-order chi connectivity index (χ0) is 4.50. The molecule has 0 aromatic rings. The predicted molar refractivity (Wildman–Crippen MR) is 22.6 cm³/mol. The monoisotopic (exact) mass is 178 g/mol. The van der Waals surface area contributed by atoms with Gasteiger partial charge in [-0.15, -0.1) is 0 Å². The van der Waals surface area contributed by atoms with Crippen LogP contribution in [0.25, 0.3) is 0 Å². The van der Waals surface area contributed by atoms with E-state index in [1.807, 2.05) is 0 Å². The molecule has 1 atom stereocenters. The summed E-state index contributed by atoms with van der Waals surface area (Å²) in [6, 6.07) is 0. The van der Waals surface area contributed by atoms with Crippen molar-refractivity contribution in [3.8, 4) is 0 Å². The normalized spacial score (nSPS) is 9.67. The van der Waals surface area contributed by atoms with Crippen molar-refractivity contribution in [1.82, 2.24) is 0 Å². The number of hydrogen-bond donors (Lipinski definition) is 1. The van der Waals surface area contributed by atoms with Crippen LogP contribution in [-0.4, -0.2) is 30.9 Å². The van der Waals surface area contributed by atoms with Crippen molar-refractivity contribution >= 4 is 28.5 Å². The van der Waals surface area contributed by atoms with Gasteiger partial charge in [0.05, 0.1) is 0 Å². The Morgan fingerprint density at radius 2 is 1.50 bits per heavy atom. The van der Waals surface area contributed by atoms with Gasteiger partial charge in [-0.05, 0) is 0 Å². The molecule has 0 heterocycles. The molecule has 0 aliphatic carbocycles. The van der Waals surface area contributed by atoms with Gasteiger partial charge in [0.25, 0.3) is 0 Å². The van der Waals surface area contributed by atoms with Crippen LogP contribution in [0.4, 0.5) is 3.89 Å². The Kier molecular flexibility index (Phi) is 4.10. The maximum atomic E-state index is 10.2. The summed E-state index contributed by atoms with van der Waals surface area (Å²) in [5, 5.41) is 0. The molecular formula is H4AsFO3S. The maximum absolute atomic E-state index is 10.2. The second-order valence-electron chi connectivity index (χ2n) is 0.412. The van der Waals surface area contributed by atoms with Crippen molar-refractivity contribution in [2.24, 2.45) is 0 Å². The Balaban J connectivity index is 0. The third kappa shape index (κ3) is 320. The summed E-state index contributed by atoms with van der Waals surface area (Å²) in [5.41, 5.74) is 0. The summed E-state index contributed by atoms with van der Waals surface area (Å²) in [5.74, 6) is 0. The number of hydrogen-bond acceptors (Lipinski definition) is 2. The van der Waals surface area contributed by atoms with Gasteiger partial charge in [-0.25, -0.2) is 0 Å². The average Bonchev–Trinajstić information content (AvgIpc) is 0.722. The molecule has 6 heavy (non-hydrogen) atoms. The Bertz CT molecular complexity index is 94.0. The van der Waals surface area contributed by atoms with Crippen LogP contribution in [0.1, 0.15) is 0 Å². The molecule has 0 saturated carbocycles. The van der Waals surface area contributed by atoms with Gasteiger partial charge in [0.1, 0.15) is 0 Å². The first-order valence-electron chi connectivity index (χ1n) is 0.670. The molecular weight excluding hydrogens is 174 g/mol. The summed E-state index contributed by atoms with van der Waals surface area (Å²) in [6.45, 7) is 0. The summed E-state index contributed by atoms with van der Waals surface area (Å²) >= 11 is 0. The molecule has 0 aliphatic heterocycles. The Labute approximate surface area is 45.9 Å². The fraction of sp³-hybridized carbons (Fsp3) is 0. The van der Waals surface area contributed by atoms with Crippen LogP contribution in [0.2, 0.25) is 0 Å². The van der Waals surface area contributed by atoms with Crippen molar-refractivity contribution in [2.75, 3.05) is 0 Å². The van der Waals surface area contributed by atoms with E-state index >= 15 is 0 Å². The van der Waals surface area contributed by atoms with E-state index in [1.54, 1.807) is 0 Å². The third-order valence-electron chi connectivity index (χ3n) is 0. The van der Waals surface area contributed by atoms with Crippen molar-refractivity contribution < 1.29 is 16.9 Å². The first-order chi connectivity index (χ1) is 2.00. The van der Waals surface area contributed by atoms with E-state index < -0.39 is 10.5 Å². The molecule has 3 nitrogen and oxygen atoms in total. The molecule has 0 aromatic carbocycles. The minimum atomic E-state index is -5.17. The SMILES string of the molecule is O=S(=O)(O)F.[AsH3]. The Morgan fingerprint density at radius 1 is 1.50 bits per heavy atom. The molecule has 1 N–H and O–H groups in total. The summed E-state index contributed by atoms with van der Waals surface area (Å²) in [7, 11) is -5.17. The van der Waals surface area contributed by atoms with Crippen LogP contribution in [0.3, 0.4) is 0 Å². The van der Waals surface area contributed by atoms with E-state index in [-0.39, 0.29) is 18.0 Å². The third-order valence-corrected chi connectivity index (χ3v) is 0. The molecule has 40 valence electrons. The van der Waals surface area contributed by atoms with E-state index in [0.29, 0.717) is 0 Å². The van der Waals surface area contributed by atoms with Crippen LogP contribution < -0.4 is 0 Å².